The number of aliphatic hydroxyl groups excluding tert-OH is 1. The lowest BCUT2D eigenvalue weighted by molar-refractivity contribution is 0.0129. The summed E-state index contributed by atoms with van der Waals surface area (Å²) < 4.78 is 15.4. The Labute approximate surface area is 210 Å². The standard InChI is InChI=1S/C24H36N4O8/c1-23(2,3)35-20(31)25-11-12-34-22(33)27-15(13-26-21(32)36-24(4,5)6)14-28-18(29)16-9-7-8-10-17(16)19(28)30/h7-10,15,18,29H,11-14H2,1-6H3,(H,25,31)(H,26,32)(H,27,33)/t15-,18?/m0/s1. The quantitative estimate of drug-likeness (QED) is 0.308. The average molecular weight is 509 g/mol. The molecule has 4 N–H and O–H groups in total. The molecule has 0 aliphatic carbocycles. The summed E-state index contributed by atoms with van der Waals surface area (Å²) in [5, 5.41) is 18.2. The highest BCUT2D eigenvalue weighted by molar-refractivity contribution is 5.98. The van der Waals surface area contributed by atoms with Crippen molar-refractivity contribution in [2.45, 2.75) is 65.0 Å². The molecule has 2 atom stereocenters. The van der Waals surface area contributed by atoms with E-state index in [9.17, 15) is 24.3 Å². The molecule has 1 aromatic carbocycles. The maximum Gasteiger partial charge on any atom is 0.407 e. The van der Waals surface area contributed by atoms with Crippen molar-refractivity contribution in [3.63, 3.8) is 0 Å². The van der Waals surface area contributed by atoms with Crippen LogP contribution >= 0.6 is 0 Å². The van der Waals surface area contributed by atoms with Gasteiger partial charge in [-0.25, -0.2) is 14.4 Å². The van der Waals surface area contributed by atoms with Gasteiger partial charge in [-0.15, -0.1) is 0 Å². The van der Waals surface area contributed by atoms with E-state index in [1.54, 1.807) is 65.8 Å². The summed E-state index contributed by atoms with van der Waals surface area (Å²) in [6.07, 6.45) is -3.39. The Kier molecular flexibility index (Phi) is 9.51. The maximum atomic E-state index is 12.8. The van der Waals surface area contributed by atoms with Crippen molar-refractivity contribution in [1.29, 1.82) is 0 Å². The van der Waals surface area contributed by atoms with Crippen molar-refractivity contribution in [3.05, 3.63) is 35.4 Å². The molecule has 200 valence electrons. The van der Waals surface area contributed by atoms with Gasteiger partial charge in [0, 0.05) is 24.2 Å². The second-order valence-electron chi connectivity index (χ2n) is 10.2. The van der Waals surface area contributed by atoms with Gasteiger partial charge >= 0.3 is 18.3 Å². The molecule has 1 aliphatic rings. The van der Waals surface area contributed by atoms with E-state index in [1.807, 2.05) is 0 Å². The van der Waals surface area contributed by atoms with E-state index < -0.39 is 47.7 Å². The number of carbonyl (C=O) groups is 4. The lowest BCUT2D eigenvalue weighted by Crippen LogP contribution is -2.51. The van der Waals surface area contributed by atoms with Gasteiger partial charge in [-0.3, -0.25) is 4.79 Å². The molecule has 12 heteroatoms. The van der Waals surface area contributed by atoms with Crippen molar-refractivity contribution >= 4 is 24.2 Å². The second kappa shape index (κ2) is 11.9. The predicted octanol–water partition coefficient (Wildman–Crippen LogP) is 2.28. The van der Waals surface area contributed by atoms with Crippen LogP contribution in [0.3, 0.4) is 0 Å². The molecular weight excluding hydrogens is 472 g/mol. The molecule has 0 bridgehead atoms. The second-order valence-corrected chi connectivity index (χ2v) is 10.2. The molecule has 0 radical (unpaired) electrons. The van der Waals surface area contributed by atoms with Gasteiger partial charge in [-0.05, 0) is 47.6 Å². The first-order valence-electron chi connectivity index (χ1n) is 11.6. The van der Waals surface area contributed by atoms with E-state index in [1.165, 1.54) is 4.90 Å². The van der Waals surface area contributed by atoms with E-state index >= 15 is 0 Å². The summed E-state index contributed by atoms with van der Waals surface area (Å²) in [6, 6.07) is 5.83. The molecule has 0 spiro atoms. The normalized spacial score (nSPS) is 16.0. The highest BCUT2D eigenvalue weighted by Gasteiger charge is 2.36. The lowest BCUT2D eigenvalue weighted by atomic mass is 10.1. The van der Waals surface area contributed by atoms with Gasteiger partial charge in [0.25, 0.3) is 5.91 Å². The third-order valence-corrected chi connectivity index (χ3v) is 4.66. The van der Waals surface area contributed by atoms with Crippen LogP contribution in [0.4, 0.5) is 14.4 Å². The topological polar surface area (TPSA) is 156 Å². The van der Waals surface area contributed by atoms with Gasteiger partial charge in [-0.2, -0.15) is 0 Å². The average Bonchev–Trinajstić information content (AvgIpc) is 2.98. The fourth-order valence-electron chi connectivity index (χ4n) is 3.27. The number of amides is 4. The minimum atomic E-state index is -1.20. The molecule has 0 fully saturated rings. The lowest BCUT2D eigenvalue weighted by Gasteiger charge is -2.28. The Morgan fingerprint density at radius 2 is 1.56 bits per heavy atom. The summed E-state index contributed by atoms with van der Waals surface area (Å²) in [6.45, 7) is 9.95. The van der Waals surface area contributed by atoms with Crippen molar-refractivity contribution in [2.24, 2.45) is 0 Å². The molecule has 1 aromatic rings. The van der Waals surface area contributed by atoms with E-state index in [-0.39, 0.29) is 26.2 Å². The maximum absolute atomic E-state index is 12.8. The molecule has 1 unspecified atom stereocenters. The molecule has 4 amide bonds. The Bertz CT molecular complexity index is 954. The number of fused-ring (bicyclic) bond motifs is 1. The number of nitrogens with one attached hydrogen (secondary N) is 3. The number of hydrogen-bond acceptors (Lipinski definition) is 8. The molecule has 36 heavy (non-hydrogen) atoms. The molecule has 12 nitrogen and oxygen atoms in total. The largest absolute Gasteiger partial charge is 0.448 e. The number of hydrogen-bond donors (Lipinski definition) is 4. The molecule has 0 saturated heterocycles. The van der Waals surface area contributed by atoms with E-state index in [2.05, 4.69) is 16.0 Å². The number of alkyl carbamates (subject to hydrolysis) is 3. The third kappa shape index (κ3) is 9.25. The Morgan fingerprint density at radius 1 is 0.972 bits per heavy atom. The molecule has 1 heterocycles. The molecule has 0 aromatic heterocycles. The van der Waals surface area contributed by atoms with E-state index in [4.69, 9.17) is 14.2 Å². The monoisotopic (exact) mass is 508 g/mol. The van der Waals surface area contributed by atoms with Crippen LogP contribution in [0, 0.1) is 0 Å². The van der Waals surface area contributed by atoms with Gasteiger partial charge in [0.2, 0.25) is 0 Å². The fraction of sp³-hybridized carbons (Fsp3) is 0.583. The summed E-state index contributed by atoms with van der Waals surface area (Å²) >= 11 is 0. The van der Waals surface area contributed by atoms with Crippen molar-refractivity contribution in [2.75, 3.05) is 26.2 Å². The zero-order chi connectivity index (χ0) is 27.1. The Morgan fingerprint density at radius 3 is 2.14 bits per heavy atom. The molecule has 0 saturated carbocycles. The first-order chi connectivity index (χ1) is 16.7. The summed E-state index contributed by atoms with van der Waals surface area (Å²) in [5.41, 5.74) is -0.569. The van der Waals surface area contributed by atoms with Crippen LogP contribution in [0.5, 0.6) is 0 Å². The van der Waals surface area contributed by atoms with Gasteiger partial charge in [0.05, 0.1) is 12.6 Å². The minimum Gasteiger partial charge on any atom is -0.448 e. The van der Waals surface area contributed by atoms with E-state index in [0.29, 0.717) is 11.1 Å². The number of benzene rings is 1. The first kappa shape index (κ1) is 28.7. The fourth-order valence-corrected chi connectivity index (χ4v) is 3.27. The van der Waals surface area contributed by atoms with Crippen molar-refractivity contribution in [1.82, 2.24) is 20.9 Å². The van der Waals surface area contributed by atoms with E-state index in [0.717, 1.165) is 0 Å². The third-order valence-electron chi connectivity index (χ3n) is 4.66. The van der Waals surface area contributed by atoms with Crippen LogP contribution < -0.4 is 16.0 Å². The molecule has 2 rings (SSSR count). The van der Waals surface area contributed by atoms with Crippen LogP contribution in [-0.2, 0) is 14.2 Å². The number of ether oxygens (including phenoxy) is 3. The smallest absolute Gasteiger partial charge is 0.407 e. The van der Waals surface area contributed by atoms with Gasteiger partial charge in [-0.1, -0.05) is 18.2 Å². The first-order valence-corrected chi connectivity index (χ1v) is 11.6. The van der Waals surface area contributed by atoms with Crippen molar-refractivity contribution in [3.8, 4) is 0 Å². The Balaban J connectivity index is 1.95. The zero-order valence-corrected chi connectivity index (χ0v) is 21.5. The van der Waals surface area contributed by atoms with Gasteiger partial charge in [0.1, 0.15) is 17.8 Å². The highest BCUT2D eigenvalue weighted by atomic mass is 16.6. The van der Waals surface area contributed by atoms with Gasteiger partial charge < -0.3 is 40.2 Å². The SMILES string of the molecule is CC(C)(C)OC(=O)NCCOC(=O)N[C@@H](CNC(=O)OC(C)(C)C)CN1C(=O)c2ccccc2C1O. The summed E-state index contributed by atoms with van der Waals surface area (Å²) in [5.74, 6) is -0.405. The van der Waals surface area contributed by atoms with Crippen molar-refractivity contribution < 1.29 is 38.5 Å². The molecular formula is C24H36N4O8. The van der Waals surface area contributed by atoms with Crippen LogP contribution in [-0.4, -0.2) is 77.7 Å². The zero-order valence-electron chi connectivity index (χ0n) is 21.5. The predicted molar refractivity (Wildman–Crippen MR) is 129 cm³/mol. The van der Waals surface area contributed by atoms with Crippen LogP contribution in [0.1, 0.15) is 63.7 Å². The number of aliphatic hydroxyl groups is 1. The number of nitrogens with zero attached hydrogens (tertiary/aromatic N) is 1. The number of carbonyl (C=O) groups excluding carboxylic acids is 4. The highest BCUT2D eigenvalue weighted by Crippen LogP contribution is 2.31. The summed E-state index contributed by atoms with van der Waals surface area (Å²) in [4.78, 5) is 50.1. The van der Waals surface area contributed by atoms with Crippen LogP contribution in [0.25, 0.3) is 0 Å². The Hall–Kier alpha value is -3.54. The van der Waals surface area contributed by atoms with Crippen LogP contribution in [0.2, 0.25) is 0 Å². The number of rotatable bonds is 8. The van der Waals surface area contributed by atoms with Gasteiger partial charge in [0.15, 0.2) is 6.23 Å². The van der Waals surface area contributed by atoms with Crippen LogP contribution in [0.15, 0.2) is 24.3 Å². The molecule has 1 aliphatic heterocycles. The summed E-state index contributed by atoms with van der Waals surface area (Å²) in [7, 11) is 0. The minimum absolute atomic E-state index is 0.0157.